The third-order valence-electron chi connectivity index (χ3n) is 5.91. The second kappa shape index (κ2) is 10.5. The van der Waals surface area contributed by atoms with Crippen LogP contribution in [0.2, 0.25) is 0 Å². The monoisotopic (exact) mass is 424 g/mol. The summed E-state index contributed by atoms with van der Waals surface area (Å²) in [7, 11) is 0. The highest BCUT2D eigenvalue weighted by Crippen LogP contribution is 2.48. The summed E-state index contributed by atoms with van der Waals surface area (Å²) in [6.45, 7) is 5.65. The van der Waals surface area contributed by atoms with Crippen LogP contribution in [-0.2, 0) is 0 Å². The fourth-order valence-corrected chi connectivity index (χ4v) is 6.11. The molecule has 0 spiro atoms. The van der Waals surface area contributed by atoms with E-state index in [9.17, 15) is 5.26 Å². The fourth-order valence-electron chi connectivity index (χ4n) is 4.20. The minimum atomic E-state index is 0.303. The van der Waals surface area contributed by atoms with E-state index in [1.165, 1.54) is 54.8 Å². The third-order valence-corrected chi connectivity index (χ3v) is 8.08. The maximum atomic E-state index is 9.65. The number of para-hydroxylation sites is 1. The van der Waals surface area contributed by atoms with Crippen molar-refractivity contribution >= 4 is 34.9 Å². The number of nitriles is 1. The van der Waals surface area contributed by atoms with Crippen LogP contribution in [0.4, 0.5) is 11.4 Å². The average Bonchev–Trinajstić information content (AvgIpc) is 2.93. The first-order chi connectivity index (χ1) is 14.2. The molecule has 0 N–H and O–H groups in total. The van der Waals surface area contributed by atoms with Crippen molar-refractivity contribution in [3.63, 3.8) is 0 Å². The molecule has 0 unspecified atom stereocenters. The van der Waals surface area contributed by atoms with Crippen molar-refractivity contribution in [3.8, 4) is 6.07 Å². The summed E-state index contributed by atoms with van der Waals surface area (Å²) in [4.78, 5) is 4.85. The maximum absolute atomic E-state index is 9.65. The van der Waals surface area contributed by atoms with Gasteiger partial charge in [0.2, 0.25) is 0 Å². The highest BCUT2D eigenvalue weighted by Gasteiger charge is 2.36. The minimum absolute atomic E-state index is 0.303. The molecule has 0 radical (unpaired) electrons. The van der Waals surface area contributed by atoms with Crippen molar-refractivity contribution in [2.24, 2.45) is 5.41 Å². The van der Waals surface area contributed by atoms with Gasteiger partial charge in [-0.3, -0.25) is 0 Å². The van der Waals surface area contributed by atoms with Gasteiger partial charge in [0.15, 0.2) is 0 Å². The molecule has 1 heterocycles. The Morgan fingerprint density at radius 2 is 1.79 bits per heavy atom. The zero-order valence-corrected chi connectivity index (χ0v) is 19.5. The SMILES string of the molecule is CCCCC1(CCCC)CSc2cc(C#N)c(SC)cc2N(c2ccccc2)C1. The Bertz CT molecular complexity index is 834. The highest BCUT2D eigenvalue weighted by atomic mass is 32.2. The Balaban J connectivity index is 2.10. The zero-order valence-electron chi connectivity index (χ0n) is 17.9. The van der Waals surface area contributed by atoms with Crippen molar-refractivity contribution in [2.45, 2.75) is 62.2 Å². The first-order valence-corrected chi connectivity index (χ1v) is 12.9. The number of thioether (sulfide) groups is 2. The summed E-state index contributed by atoms with van der Waals surface area (Å²) in [6.07, 6.45) is 9.65. The number of anilines is 2. The maximum Gasteiger partial charge on any atom is 0.100 e. The van der Waals surface area contributed by atoms with Crippen LogP contribution < -0.4 is 4.90 Å². The molecule has 0 aliphatic carbocycles. The van der Waals surface area contributed by atoms with Gasteiger partial charge in [-0.25, -0.2) is 0 Å². The van der Waals surface area contributed by atoms with Crippen molar-refractivity contribution in [3.05, 3.63) is 48.0 Å². The molecule has 2 nitrogen and oxygen atoms in total. The van der Waals surface area contributed by atoms with Gasteiger partial charge < -0.3 is 4.90 Å². The van der Waals surface area contributed by atoms with E-state index in [4.69, 9.17) is 0 Å². The van der Waals surface area contributed by atoms with Gasteiger partial charge in [-0.15, -0.1) is 23.5 Å². The lowest BCUT2D eigenvalue weighted by Crippen LogP contribution is -2.36. The van der Waals surface area contributed by atoms with Gasteiger partial charge in [-0.2, -0.15) is 5.26 Å². The summed E-state index contributed by atoms with van der Waals surface area (Å²) in [5, 5.41) is 9.65. The fraction of sp³-hybridized carbons (Fsp3) is 0.480. The lowest BCUT2D eigenvalue weighted by Gasteiger charge is -2.37. The van der Waals surface area contributed by atoms with E-state index in [0.29, 0.717) is 5.41 Å². The van der Waals surface area contributed by atoms with Gasteiger partial charge in [-0.1, -0.05) is 57.7 Å². The largest absolute Gasteiger partial charge is 0.340 e. The van der Waals surface area contributed by atoms with Crippen LogP contribution in [0, 0.1) is 16.7 Å². The van der Waals surface area contributed by atoms with Crippen molar-refractivity contribution in [1.29, 1.82) is 5.26 Å². The van der Waals surface area contributed by atoms with Crippen LogP contribution in [0.25, 0.3) is 0 Å². The number of hydrogen-bond donors (Lipinski definition) is 0. The van der Waals surface area contributed by atoms with Crippen LogP contribution in [0.15, 0.2) is 52.3 Å². The molecule has 3 rings (SSSR count). The molecular weight excluding hydrogens is 392 g/mol. The highest BCUT2D eigenvalue weighted by molar-refractivity contribution is 7.99. The van der Waals surface area contributed by atoms with Gasteiger partial charge in [0, 0.05) is 27.8 Å². The Hall–Kier alpha value is -1.57. The summed E-state index contributed by atoms with van der Waals surface area (Å²) in [5.74, 6) is 1.13. The van der Waals surface area contributed by atoms with Crippen molar-refractivity contribution in [2.75, 3.05) is 23.5 Å². The molecular formula is C25H32N2S2. The molecule has 0 bridgehead atoms. The zero-order chi connectivity index (χ0) is 20.7. The van der Waals surface area contributed by atoms with Gasteiger partial charge in [0.25, 0.3) is 0 Å². The van der Waals surface area contributed by atoms with Gasteiger partial charge in [0.1, 0.15) is 6.07 Å². The number of benzene rings is 2. The first-order valence-electron chi connectivity index (χ1n) is 10.7. The van der Waals surface area contributed by atoms with Crippen LogP contribution in [0.3, 0.4) is 0 Å². The Morgan fingerprint density at radius 3 is 2.38 bits per heavy atom. The topological polar surface area (TPSA) is 27.0 Å². The summed E-state index contributed by atoms with van der Waals surface area (Å²) in [6, 6.07) is 17.6. The average molecular weight is 425 g/mol. The minimum Gasteiger partial charge on any atom is -0.340 e. The lowest BCUT2D eigenvalue weighted by molar-refractivity contribution is 0.274. The van der Waals surface area contributed by atoms with Crippen molar-refractivity contribution < 1.29 is 0 Å². The van der Waals surface area contributed by atoms with Gasteiger partial charge in [-0.05, 0) is 48.8 Å². The predicted octanol–water partition coefficient (Wildman–Crippen LogP) is 7.89. The number of unbranched alkanes of at least 4 members (excludes halogenated alkanes) is 2. The Labute approximate surface area is 185 Å². The molecule has 0 saturated carbocycles. The van der Waals surface area contributed by atoms with E-state index in [1.807, 2.05) is 11.8 Å². The van der Waals surface area contributed by atoms with Gasteiger partial charge in [0.05, 0.1) is 11.3 Å². The van der Waals surface area contributed by atoms with E-state index in [-0.39, 0.29) is 0 Å². The number of fused-ring (bicyclic) bond motifs is 1. The molecule has 2 aromatic carbocycles. The van der Waals surface area contributed by atoms with Crippen LogP contribution in [0.1, 0.15) is 57.9 Å². The van der Waals surface area contributed by atoms with Crippen LogP contribution in [0.5, 0.6) is 0 Å². The standard InChI is InChI=1S/C25H32N2S2/c1-4-6-13-25(14-7-5-2)18-27(21-11-9-8-10-12-21)22-16-23(28-3)20(17-26)15-24(22)29-19-25/h8-12,15-16H,4-7,13-14,18-19H2,1-3H3. The van der Waals surface area contributed by atoms with Gasteiger partial charge >= 0.3 is 0 Å². The smallest absolute Gasteiger partial charge is 0.100 e. The van der Waals surface area contributed by atoms with E-state index in [0.717, 1.165) is 22.8 Å². The second-order valence-corrected chi connectivity index (χ2v) is 9.91. The van der Waals surface area contributed by atoms with Crippen molar-refractivity contribution in [1.82, 2.24) is 0 Å². The molecule has 0 aromatic heterocycles. The molecule has 154 valence electrons. The third kappa shape index (κ3) is 5.13. The summed E-state index contributed by atoms with van der Waals surface area (Å²) < 4.78 is 0. The molecule has 0 amide bonds. The summed E-state index contributed by atoms with van der Waals surface area (Å²) in [5.41, 5.74) is 3.62. The Kier molecular flexibility index (Phi) is 7.98. The molecule has 1 aliphatic heterocycles. The second-order valence-electron chi connectivity index (χ2n) is 8.05. The molecule has 0 atom stereocenters. The quantitative estimate of drug-likeness (QED) is 0.403. The molecule has 0 fully saturated rings. The van der Waals surface area contributed by atoms with Crippen LogP contribution >= 0.6 is 23.5 Å². The van der Waals surface area contributed by atoms with E-state index < -0.39 is 0 Å². The van der Waals surface area contributed by atoms with Crippen LogP contribution in [-0.4, -0.2) is 18.6 Å². The molecule has 0 saturated heterocycles. The van der Waals surface area contributed by atoms with E-state index in [1.54, 1.807) is 11.8 Å². The van der Waals surface area contributed by atoms with E-state index >= 15 is 0 Å². The predicted molar refractivity (Wildman–Crippen MR) is 129 cm³/mol. The van der Waals surface area contributed by atoms with E-state index in [2.05, 4.69) is 73.5 Å². The molecule has 29 heavy (non-hydrogen) atoms. The summed E-state index contributed by atoms with van der Waals surface area (Å²) >= 11 is 3.63. The number of nitrogens with zero attached hydrogens (tertiary/aromatic N) is 2. The number of rotatable bonds is 8. The molecule has 1 aliphatic rings. The molecule has 2 aromatic rings. The Morgan fingerprint density at radius 1 is 1.10 bits per heavy atom. The first kappa shape index (κ1) is 22.1. The number of hydrogen-bond acceptors (Lipinski definition) is 4. The molecule has 4 heteroatoms. The lowest BCUT2D eigenvalue weighted by atomic mass is 9.79. The normalized spacial score (nSPS) is 15.4.